The van der Waals surface area contributed by atoms with Crippen LogP contribution in [0.3, 0.4) is 0 Å². The van der Waals surface area contributed by atoms with Crippen molar-refractivity contribution in [1.82, 2.24) is 25.0 Å². The Morgan fingerprint density at radius 3 is 2.34 bits per heavy atom. The van der Waals surface area contributed by atoms with E-state index in [1.165, 1.54) is 35.0 Å². The number of amides is 2. The molecule has 38 heavy (non-hydrogen) atoms. The summed E-state index contributed by atoms with van der Waals surface area (Å²) < 4.78 is 28.8. The number of imidazole rings is 1. The van der Waals surface area contributed by atoms with Gasteiger partial charge in [0.25, 0.3) is 11.8 Å². The third kappa shape index (κ3) is 6.13. The molecule has 196 valence electrons. The Morgan fingerprint density at radius 1 is 0.895 bits per heavy atom. The van der Waals surface area contributed by atoms with Gasteiger partial charge in [0.15, 0.2) is 0 Å². The first kappa shape index (κ1) is 25.3. The molecule has 0 aliphatic heterocycles. The van der Waals surface area contributed by atoms with Crippen molar-refractivity contribution in [3.05, 3.63) is 95.6 Å². The lowest BCUT2D eigenvalue weighted by Gasteiger charge is -2.29. The number of aromatic nitrogens is 3. The number of nitrogens with zero attached hydrogens (tertiary/aromatic N) is 3. The molecule has 0 atom stereocenters. The van der Waals surface area contributed by atoms with Crippen molar-refractivity contribution in [2.24, 2.45) is 0 Å². The molecule has 1 aliphatic carbocycles. The number of carbonyl (C=O) groups excluding carboxylic acids is 2. The van der Waals surface area contributed by atoms with Crippen LogP contribution in [0.1, 0.15) is 52.1 Å². The van der Waals surface area contributed by atoms with Gasteiger partial charge in [-0.2, -0.15) is 0 Å². The van der Waals surface area contributed by atoms with Crippen LogP contribution in [-0.2, 0) is 6.42 Å². The Kier molecular flexibility index (Phi) is 7.57. The van der Waals surface area contributed by atoms with Gasteiger partial charge in [-0.1, -0.05) is 30.3 Å². The summed E-state index contributed by atoms with van der Waals surface area (Å²) in [5.41, 5.74) is 2.02. The van der Waals surface area contributed by atoms with E-state index in [9.17, 15) is 18.4 Å². The summed E-state index contributed by atoms with van der Waals surface area (Å²) in [7, 11) is 0. The molecule has 5 rings (SSSR count). The van der Waals surface area contributed by atoms with Gasteiger partial charge >= 0.3 is 0 Å². The van der Waals surface area contributed by atoms with Crippen molar-refractivity contribution in [1.29, 1.82) is 0 Å². The third-order valence-electron chi connectivity index (χ3n) is 6.69. The number of fused-ring (bicyclic) bond motifs is 1. The van der Waals surface area contributed by atoms with Gasteiger partial charge in [0, 0.05) is 31.0 Å². The molecule has 0 saturated heterocycles. The lowest BCUT2D eigenvalue weighted by molar-refractivity contribution is 0.0889. The zero-order chi connectivity index (χ0) is 26.5. The maximum atomic E-state index is 13.9. The van der Waals surface area contributed by atoms with Crippen molar-refractivity contribution in [2.45, 2.75) is 44.2 Å². The second kappa shape index (κ2) is 11.4. The van der Waals surface area contributed by atoms with E-state index in [0.717, 1.165) is 18.2 Å². The van der Waals surface area contributed by atoms with Gasteiger partial charge in [-0.3, -0.25) is 9.59 Å². The van der Waals surface area contributed by atoms with Crippen LogP contribution in [0.25, 0.3) is 5.65 Å². The van der Waals surface area contributed by atoms with Crippen molar-refractivity contribution in [2.75, 3.05) is 11.9 Å². The van der Waals surface area contributed by atoms with Gasteiger partial charge < -0.3 is 20.4 Å². The van der Waals surface area contributed by atoms with E-state index in [0.29, 0.717) is 43.7 Å². The second-order valence-corrected chi connectivity index (χ2v) is 9.45. The molecule has 3 N–H and O–H groups in total. The Hall–Kier alpha value is -4.34. The Balaban J connectivity index is 1.13. The van der Waals surface area contributed by atoms with E-state index in [1.54, 1.807) is 0 Å². The quantitative estimate of drug-likeness (QED) is 0.326. The standard InChI is InChI=1S/C28H28F2N6O2/c29-19-6-11-25-35-24(17-36(25)16-19)28(38)34-22-9-7-21(8-10-22)33-27(37)23-14-20(30)15-32-26(23)31-13-12-18-4-2-1-3-5-18/h1-6,11,14-17,21-22H,7-10,12-13H2,(H,31,32)(H,33,37)(H,34,38). The number of benzene rings is 1. The normalized spacial score (nSPS) is 17.2. The van der Waals surface area contributed by atoms with Crippen LogP contribution in [0.5, 0.6) is 0 Å². The lowest BCUT2D eigenvalue weighted by Crippen LogP contribution is -2.44. The van der Waals surface area contributed by atoms with Crippen molar-refractivity contribution < 1.29 is 18.4 Å². The highest BCUT2D eigenvalue weighted by atomic mass is 19.1. The minimum Gasteiger partial charge on any atom is -0.369 e. The van der Waals surface area contributed by atoms with Crippen LogP contribution in [0.15, 0.2) is 67.1 Å². The summed E-state index contributed by atoms with van der Waals surface area (Å²) in [4.78, 5) is 34.0. The summed E-state index contributed by atoms with van der Waals surface area (Å²) in [6.07, 6.45) is 7.25. The molecule has 1 aliphatic rings. The second-order valence-electron chi connectivity index (χ2n) is 9.45. The average Bonchev–Trinajstić information content (AvgIpc) is 3.35. The molecule has 0 bridgehead atoms. The fourth-order valence-corrected chi connectivity index (χ4v) is 4.70. The summed E-state index contributed by atoms with van der Waals surface area (Å²) in [6, 6.07) is 13.7. The van der Waals surface area contributed by atoms with Crippen LogP contribution in [0.2, 0.25) is 0 Å². The molecule has 0 spiro atoms. The molecule has 0 unspecified atom stereocenters. The molecule has 3 aromatic heterocycles. The maximum absolute atomic E-state index is 13.9. The van der Waals surface area contributed by atoms with E-state index in [-0.39, 0.29) is 35.2 Å². The molecule has 2 amide bonds. The largest absolute Gasteiger partial charge is 0.369 e. The number of halogens is 2. The highest BCUT2D eigenvalue weighted by Gasteiger charge is 2.26. The predicted octanol–water partition coefficient (Wildman–Crippen LogP) is 4.13. The summed E-state index contributed by atoms with van der Waals surface area (Å²) in [5.74, 6) is -1.36. The SMILES string of the molecule is O=C(NC1CCC(NC(=O)c2cc(F)cnc2NCCc2ccccc2)CC1)c1cn2cc(F)ccc2n1. The minimum absolute atomic E-state index is 0.0664. The zero-order valence-electron chi connectivity index (χ0n) is 20.7. The van der Waals surface area contributed by atoms with Crippen LogP contribution < -0.4 is 16.0 Å². The molecule has 10 heteroatoms. The topological polar surface area (TPSA) is 100 Å². The lowest BCUT2D eigenvalue weighted by atomic mass is 9.91. The number of nitrogens with one attached hydrogen (secondary N) is 3. The van der Waals surface area contributed by atoms with Gasteiger partial charge in [0.1, 0.15) is 28.8 Å². The summed E-state index contributed by atoms with van der Waals surface area (Å²) >= 11 is 0. The minimum atomic E-state index is -0.579. The molecular weight excluding hydrogens is 490 g/mol. The number of hydrogen-bond acceptors (Lipinski definition) is 5. The Morgan fingerprint density at radius 2 is 1.61 bits per heavy atom. The maximum Gasteiger partial charge on any atom is 0.271 e. The number of carbonyl (C=O) groups is 2. The highest BCUT2D eigenvalue weighted by molar-refractivity contribution is 5.99. The van der Waals surface area contributed by atoms with Crippen LogP contribution in [0.4, 0.5) is 14.6 Å². The Labute approximate surface area is 218 Å². The molecule has 1 saturated carbocycles. The monoisotopic (exact) mass is 518 g/mol. The van der Waals surface area contributed by atoms with Gasteiger partial charge in [-0.25, -0.2) is 18.7 Å². The summed E-state index contributed by atoms with van der Waals surface area (Å²) in [6.45, 7) is 0.551. The van der Waals surface area contributed by atoms with E-state index >= 15 is 0 Å². The number of anilines is 1. The first-order valence-corrected chi connectivity index (χ1v) is 12.6. The van der Waals surface area contributed by atoms with E-state index in [4.69, 9.17) is 0 Å². The van der Waals surface area contributed by atoms with Gasteiger partial charge in [0.2, 0.25) is 0 Å². The molecular formula is C28H28F2N6O2. The number of pyridine rings is 2. The number of rotatable bonds is 8. The fourth-order valence-electron chi connectivity index (χ4n) is 4.70. The van der Waals surface area contributed by atoms with Gasteiger partial charge in [0.05, 0.1) is 11.8 Å². The molecule has 8 nitrogen and oxygen atoms in total. The smallest absolute Gasteiger partial charge is 0.271 e. The third-order valence-corrected chi connectivity index (χ3v) is 6.69. The molecule has 4 aromatic rings. The van der Waals surface area contributed by atoms with Crippen molar-refractivity contribution in [3.8, 4) is 0 Å². The molecule has 0 radical (unpaired) electrons. The first-order valence-electron chi connectivity index (χ1n) is 12.6. The van der Waals surface area contributed by atoms with E-state index < -0.39 is 11.6 Å². The van der Waals surface area contributed by atoms with Crippen LogP contribution in [0, 0.1) is 11.6 Å². The van der Waals surface area contributed by atoms with Crippen LogP contribution in [-0.4, -0.2) is 44.8 Å². The average molecular weight is 519 g/mol. The van der Waals surface area contributed by atoms with Crippen LogP contribution >= 0.6 is 0 Å². The highest BCUT2D eigenvalue weighted by Crippen LogP contribution is 2.21. The van der Waals surface area contributed by atoms with Gasteiger partial charge in [-0.15, -0.1) is 0 Å². The molecule has 3 heterocycles. The predicted molar refractivity (Wildman–Crippen MR) is 139 cm³/mol. The van der Waals surface area contributed by atoms with E-state index in [1.807, 2.05) is 30.3 Å². The molecule has 1 aromatic carbocycles. The Bertz CT molecular complexity index is 1430. The van der Waals surface area contributed by atoms with E-state index in [2.05, 4.69) is 25.9 Å². The fraction of sp³-hybridized carbons (Fsp3) is 0.286. The molecule has 1 fully saturated rings. The summed E-state index contributed by atoms with van der Waals surface area (Å²) in [5, 5.41) is 9.12. The van der Waals surface area contributed by atoms with Crippen molar-refractivity contribution >= 4 is 23.3 Å². The van der Waals surface area contributed by atoms with Crippen molar-refractivity contribution in [3.63, 3.8) is 0 Å². The first-order chi connectivity index (χ1) is 18.4. The number of hydrogen-bond donors (Lipinski definition) is 3. The zero-order valence-corrected chi connectivity index (χ0v) is 20.7. The van der Waals surface area contributed by atoms with Gasteiger partial charge in [-0.05, 0) is 55.9 Å².